The predicted molar refractivity (Wildman–Crippen MR) is 84.6 cm³/mol. The summed E-state index contributed by atoms with van der Waals surface area (Å²) in [6, 6.07) is 10.8. The number of hydrogen-bond donors (Lipinski definition) is 0. The fraction of sp³-hybridized carbons (Fsp3) is 0.235. The first kappa shape index (κ1) is 14.4. The first-order valence-electron chi connectivity index (χ1n) is 7.21. The minimum absolute atomic E-state index is 0.175. The van der Waals surface area contributed by atoms with E-state index < -0.39 is 0 Å². The van der Waals surface area contributed by atoms with Gasteiger partial charge in [0, 0.05) is 6.20 Å². The van der Waals surface area contributed by atoms with Crippen LogP contribution in [0.2, 0.25) is 0 Å². The Morgan fingerprint density at radius 1 is 1.09 bits per heavy atom. The highest BCUT2D eigenvalue weighted by atomic mass is 19.1. The Kier molecular flexibility index (Phi) is 3.71. The van der Waals surface area contributed by atoms with Crippen LogP contribution in [-0.2, 0) is 0 Å². The largest absolute Gasteiger partial charge is 0.280 e. The summed E-state index contributed by atoms with van der Waals surface area (Å²) in [6.07, 6.45) is 1.39. The smallest absolute Gasteiger partial charge is 0.183 e. The quantitative estimate of drug-likeness (QED) is 0.603. The van der Waals surface area contributed by atoms with E-state index in [9.17, 15) is 4.39 Å². The molecule has 2 aromatic heterocycles. The molecule has 0 unspecified atom stereocenters. The molecule has 0 aliphatic rings. The molecule has 0 N–H and O–H groups in total. The number of fused-ring (bicyclic) bond motifs is 1. The monoisotopic (exact) mass is 296 g/mol. The van der Waals surface area contributed by atoms with Crippen molar-refractivity contribution < 1.29 is 4.39 Å². The molecule has 0 aliphatic heterocycles. The summed E-state index contributed by atoms with van der Waals surface area (Å²) in [5, 5.41) is 8.66. The van der Waals surface area contributed by atoms with Gasteiger partial charge in [-0.25, -0.2) is 9.37 Å². The van der Waals surface area contributed by atoms with Gasteiger partial charge in [-0.2, -0.15) is 0 Å². The van der Waals surface area contributed by atoms with Crippen LogP contribution in [0.15, 0.2) is 52.8 Å². The van der Waals surface area contributed by atoms with Crippen LogP contribution in [0.5, 0.6) is 0 Å². The Morgan fingerprint density at radius 3 is 2.59 bits per heavy atom. The van der Waals surface area contributed by atoms with Crippen molar-refractivity contribution in [3.8, 4) is 0 Å². The third-order valence-corrected chi connectivity index (χ3v) is 3.50. The molecule has 5 heteroatoms. The zero-order valence-electron chi connectivity index (χ0n) is 12.8. The molecule has 3 aromatic rings. The second kappa shape index (κ2) is 5.67. The van der Waals surface area contributed by atoms with Crippen LogP contribution in [0, 0.1) is 12.7 Å². The number of azo groups is 1. The number of imidazole rings is 1. The lowest BCUT2D eigenvalue weighted by atomic mass is 10.1. The van der Waals surface area contributed by atoms with E-state index in [1.165, 1.54) is 12.3 Å². The molecule has 0 aliphatic carbocycles. The molecule has 0 saturated heterocycles. The fourth-order valence-corrected chi connectivity index (χ4v) is 2.29. The summed E-state index contributed by atoms with van der Waals surface area (Å²) in [5.41, 5.74) is 3.31. The number of nitrogens with zero attached hydrogens (tertiary/aromatic N) is 4. The molecule has 4 nitrogen and oxygen atoms in total. The number of pyridine rings is 1. The summed E-state index contributed by atoms with van der Waals surface area (Å²) in [4.78, 5) is 4.53. The van der Waals surface area contributed by atoms with Gasteiger partial charge in [0.05, 0.1) is 11.4 Å². The maximum Gasteiger partial charge on any atom is 0.183 e. The molecule has 3 rings (SSSR count). The highest BCUT2D eigenvalue weighted by Crippen LogP contribution is 2.30. The average Bonchev–Trinajstić information content (AvgIpc) is 2.84. The molecule has 0 saturated carbocycles. The van der Waals surface area contributed by atoms with E-state index in [0.717, 1.165) is 16.9 Å². The van der Waals surface area contributed by atoms with E-state index in [1.807, 2.05) is 45.0 Å². The molecule has 0 bridgehead atoms. The number of halogens is 1. The maximum atomic E-state index is 13.5. The lowest BCUT2D eigenvalue weighted by Crippen LogP contribution is -1.88. The topological polar surface area (TPSA) is 42.0 Å². The van der Waals surface area contributed by atoms with Gasteiger partial charge in [0.1, 0.15) is 11.5 Å². The van der Waals surface area contributed by atoms with Crippen molar-refractivity contribution in [3.63, 3.8) is 0 Å². The molecule has 1 aromatic carbocycles. The number of aromatic nitrogens is 2. The third kappa shape index (κ3) is 2.62. The first-order valence-corrected chi connectivity index (χ1v) is 7.21. The Hall–Kier alpha value is -2.56. The number of benzene rings is 1. The molecule has 22 heavy (non-hydrogen) atoms. The van der Waals surface area contributed by atoms with Gasteiger partial charge in [-0.1, -0.05) is 32.0 Å². The van der Waals surface area contributed by atoms with Crippen LogP contribution in [0.1, 0.15) is 31.0 Å². The van der Waals surface area contributed by atoms with Crippen molar-refractivity contribution in [1.29, 1.82) is 0 Å². The summed E-state index contributed by atoms with van der Waals surface area (Å²) in [6.45, 7) is 6.04. The third-order valence-electron chi connectivity index (χ3n) is 3.50. The van der Waals surface area contributed by atoms with Crippen molar-refractivity contribution in [2.45, 2.75) is 26.7 Å². The SMILES string of the molecule is Cc1ccccc1N=Nc1c(C(C)C)nc2ccc(F)cn12. The van der Waals surface area contributed by atoms with E-state index >= 15 is 0 Å². The number of hydrogen-bond acceptors (Lipinski definition) is 3. The first-order chi connectivity index (χ1) is 10.6. The van der Waals surface area contributed by atoms with Crippen LogP contribution < -0.4 is 0 Å². The summed E-state index contributed by atoms with van der Waals surface area (Å²) in [5.74, 6) is 0.425. The van der Waals surface area contributed by atoms with Crippen LogP contribution in [0.25, 0.3) is 5.65 Å². The van der Waals surface area contributed by atoms with Gasteiger partial charge < -0.3 is 0 Å². The van der Waals surface area contributed by atoms with Gasteiger partial charge in [-0.3, -0.25) is 4.40 Å². The van der Waals surface area contributed by atoms with E-state index in [2.05, 4.69) is 15.2 Å². The zero-order chi connectivity index (χ0) is 15.7. The van der Waals surface area contributed by atoms with Crippen molar-refractivity contribution in [3.05, 3.63) is 59.7 Å². The molecule has 0 spiro atoms. The Morgan fingerprint density at radius 2 is 1.86 bits per heavy atom. The van der Waals surface area contributed by atoms with Gasteiger partial charge in [-0.15, -0.1) is 10.2 Å². The van der Waals surface area contributed by atoms with E-state index in [0.29, 0.717) is 11.5 Å². The van der Waals surface area contributed by atoms with Crippen molar-refractivity contribution in [2.24, 2.45) is 10.2 Å². The lowest BCUT2D eigenvalue weighted by molar-refractivity contribution is 0.619. The average molecular weight is 296 g/mol. The van der Waals surface area contributed by atoms with Crippen LogP contribution in [-0.4, -0.2) is 9.38 Å². The zero-order valence-corrected chi connectivity index (χ0v) is 12.8. The van der Waals surface area contributed by atoms with E-state index in [4.69, 9.17) is 0 Å². The highest BCUT2D eigenvalue weighted by molar-refractivity contribution is 5.53. The molecule has 0 fully saturated rings. The van der Waals surface area contributed by atoms with Gasteiger partial charge in [0.25, 0.3) is 0 Å². The number of rotatable bonds is 3. The molecular formula is C17H17FN4. The van der Waals surface area contributed by atoms with Crippen molar-refractivity contribution in [2.75, 3.05) is 0 Å². The Bertz CT molecular complexity index is 849. The maximum absolute atomic E-state index is 13.5. The van der Waals surface area contributed by atoms with E-state index in [1.54, 1.807) is 10.5 Å². The van der Waals surface area contributed by atoms with Crippen molar-refractivity contribution >= 4 is 17.2 Å². The van der Waals surface area contributed by atoms with Gasteiger partial charge in [0.15, 0.2) is 5.82 Å². The van der Waals surface area contributed by atoms with Gasteiger partial charge >= 0.3 is 0 Å². The lowest BCUT2D eigenvalue weighted by Gasteiger charge is -2.02. The molecule has 0 atom stereocenters. The van der Waals surface area contributed by atoms with Gasteiger partial charge in [0.2, 0.25) is 0 Å². The van der Waals surface area contributed by atoms with Crippen LogP contribution in [0.3, 0.4) is 0 Å². The summed E-state index contributed by atoms with van der Waals surface area (Å²) < 4.78 is 15.2. The second-order valence-electron chi connectivity index (χ2n) is 5.54. The Labute approximate surface area is 128 Å². The van der Waals surface area contributed by atoms with Gasteiger partial charge in [-0.05, 0) is 36.6 Å². The standard InChI is InChI=1S/C17H17FN4/c1-11(2)16-17(21-20-14-7-5-4-6-12(14)3)22-10-13(18)8-9-15(22)19-16/h4-11H,1-3H3. The van der Waals surface area contributed by atoms with Crippen molar-refractivity contribution in [1.82, 2.24) is 9.38 Å². The predicted octanol–water partition coefficient (Wildman–Crippen LogP) is 5.32. The molecule has 2 heterocycles. The minimum Gasteiger partial charge on any atom is -0.280 e. The normalized spacial score (nSPS) is 11.9. The van der Waals surface area contributed by atoms with Crippen LogP contribution >= 0.6 is 0 Å². The highest BCUT2D eigenvalue weighted by Gasteiger charge is 2.15. The molecular weight excluding hydrogens is 279 g/mol. The molecule has 0 amide bonds. The second-order valence-corrected chi connectivity index (χ2v) is 5.54. The number of aryl methyl sites for hydroxylation is 1. The summed E-state index contributed by atoms with van der Waals surface area (Å²) in [7, 11) is 0. The molecule has 112 valence electrons. The molecule has 0 radical (unpaired) electrons. The Balaban J connectivity index is 2.14. The van der Waals surface area contributed by atoms with Crippen LogP contribution in [0.4, 0.5) is 15.9 Å². The van der Waals surface area contributed by atoms with E-state index in [-0.39, 0.29) is 11.7 Å². The minimum atomic E-state index is -0.326. The summed E-state index contributed by atoms with van der Waals surface area (Å²) >= 11 is 0. The fourth-order valence-electron chi connectivity index (χ4n) is 2.29.